The third-order valence-electron chi connectivity index (χ3n) is 4.21. The standard InChI is InChI=1S/C17H24N6O/c1-22-13-14(12-19-22)8-9-17(24)18-10-5-7-16-21-20-15-6-3-2-4-11-23(15)16/h8-9,12-13H,2-7,10-11H2,1H3,(H,18,24)/b9-8+. The van der Waals surface area contributed by atoms with Crippen LogP contribution in [-0.2, 0) is 31.2 Å². The number of nitrogens with zero attached hydrogens (tertiary/aromatic N) is 5. The molecule has 7 heteroatoms. The first-order valence-corrected chi connectivity index (χ1v) is 8.58. The van der Waals surface area contributed by atoms with Gasteiger partial charge in [-0.2, -0.15) is 5.10 Å². The zero-order valence-electron chi connectivity index (χ0n) is 14.1. The molecule has 1 aliphatic rings. The van der Waals surface area contributed by atoms with Crippen LogP contribution in [0.15, 0.2) is 18.5 Å². The summed E-state index contributed by atoms with van der Waals surface area (Å²) in [4.78, 5) is 11.8. The van der Waals surface area contributed by atoms with Crippen LogP contribution in [0.4, 0.5) is 0 Å². The highest BCUT2D eigenvalue weighted by atomic mass is 16.1. The fourth-order valence-corrected chi connectivity index (χ4v) is 2.95. The second-order valence-corrected chi connectivity index (χ2v) is 6.17. The molecule has 1 amide bonds. The van der Waals surface area contributed by atoms with E-state index in [0.29, 0.717) is 6.54 Å². The smallest absolute Gasteiger partial charge is 0.244 e. The predicted molar refractivity (Wildman–Crippen MR) is 91.1 cm³/mol. The second kappa shape index (κ2) is 7.90. The lowest BCUT2D eigenvalue weighted by Crippen LogP contribution is -2.22. The van der Waals surface area contributed by atoms with E-state index in [0.717, 1.165) is 43.0 Å². The average molecular weight is 328 g/mol. The molecule has 0 radical (unpaired) electrons. The number of fused-ring (bicyclic) bond motifs is 1. The molecule has 0 aliphatic carbocycles. The summed E-state index contributed by atoms with van der Waals surface area (Å²) in [5, 5.41) is 15.6. The number of aryl methyl sites for hydroxylation is 3. The minimum Gasteiger partial charge on any atom is -0.353 e. The Kier molecular flexibility index (Phi) is 5.40. The number of carbonyl (C=O) groups excluding carboxylic acids is 1. The SMILES string of the molecule is Cn1cc(/C=C/C(=O)NCCCc2nnc3n2CCCCC3)cn1. The predicted octanol–water partition coefficient (Wildman–Crippen LogP) is 1.50. The third kappa shape index (κ3) is 4.31. The fourth-order valence-electron chi connectivity index (χ4n) is 2.95. The average Bonchev–Trinajstić information content (AvgIpc) is 3.08. The molecule has 0 saturated carbocycles. The van der Waals surface area contributed by atoms with Gasteiger partial charge in [0.2, 0.25) is 5.91 Å². The van der Waals surface area contributed by atoms with Crippen molar-refractivity contribution >= 4 is 12.0 Å². The maximum Gasteiger partial charge on any atom is 0.244 e. The molecule has 128 valence electrons. The number of aromatic nitrogens is 5. The van der Waals surface area contributed by atoms with Gasteiger partial charge in [-0.05, 0) is 25.3 Å². The monoisotopic (exact) mass is 328 g/mol. The Bertz CT molecular complexity index is 714. The zero-order valence-corrected chi connectivity index (χ0v) is 14.1. The quantitative estimate of drug-likeness (QED) is 0.644. The highest BCUT2D eigenvalue weighted by Crippen LogP contribution is 2.15. The van der Waals surface area contributed by atoms with Crippen molar-refractivity contribution < 1.29 is 4.79 Å². The van der Waals surface area contributed by atoms with Crippen molar-refractivity contribution in [3.05, 3.63) is 35.7 Å². The van der Waals surface area contributed by atoms with Gasteiger partial charge in [-0.25, -0.2) is 0 Å². The van der Waals surface area contributed by atoms with E-state index in [1.54, 1.807) is 23.0 Å². The van der Waals surface area contributed by atoms with Crippen LogP contribution < -0.4 is 5.32 Å². The number of nitrogens with one attached hydrogen (secondary N) is 1. The first-order valence-electron chi connectivity index (χ1n) is 8.58. The van der Waals surface area contributed by atoms with Crippen molar-refractivity contribution in [1.29, 1.82) is 0 Å². The van der Waals surface area contributed by atoms with E-state index < -0.39 is 0 Å². The molecule has 0 bridgehead atoms. The van der Waals surface area contributed by atoms with Gasteiger partial charge in [0.15, 0.2) is 0 Å². The van der Waals surface area contributed by atoms with Gasteiger partial charge in [-0.1, -0.05) is 6.42 Å². The molecular weight excluding hydrogens is 304 g/mol. The van der Waals surface area contributed by atoms with E-state index >= 15 is 0 Å². The van der Waals surface area contributed by atoms with Gasteiger partial charge >= 0.3 is 0 Å². The summed E-state index contributed by atoms with van der Waals surface area (Å²) >= 11 is 0. The Morgan fingerprint density at radius 2 is 2.25 bits per heavy atom. The van der Waals surface area contributed by atoms with Crippen LogP contribution in [0.1, 0.15) is 42.9 Å². The first kappa shape index (κ1) is 16.4. The maximum atomic E-state index is 11.8. The first-order chi connectivity index (χ1) is 11.7. The van der Waals surface area contributed by atoms with Gasteiger partial charge in [0, 0.05) is 50.8 Å². The zero-order chi connectivity index (χ0) is 16.8. The van der Waals surface area contributed by atoms with E-state index in [2.05, 4.69) is 25.2 Å². The maximum absolute atomic E-state index is 11.8. The molecule has 2 aromatic rings. The summed E-state index contributed by atoms with van der Waals surface area (Å²) < 4.78 is 3.97. The minimum atomic E-state index is -0.0843. The summed E-state index contributed by atoms with van der Waals surface area (Å²) in [7, 11) is 1.85. The Balaban J connectivity index is 1.41. The molecule has 0 saturated heterocycles. The van der Waals surface area contributed by atoms with E-state index in [1.165, 1.54) is 19.3 Å². The van der Waals surface area contributed by atoms with Crippen molar-refractivity contribution in [2.75, 3.05) is 6.54 Å². The molecule has 0 aromatic carbocycles. The Morgan fingerprint density at radius 3 is 3.08 bits per heavy atom. The number of rotatable bonds is 6. The van der Waals surface area contributed by atoms with Gasteiger partial charge in [0.25, 0.3) is 0 Å². The fraction of sp³-hybridized carbons (Fsp3) is 0.529. The number of hydrogen-bond donors (Lipinski definition) is 1. The van der Waals surface area contributed by atoms with Crippen LogP contribution in [-0.4, -0.2) is 37.0 Å². The molecule has 24 heavy (non-hydrogen) atoms. The van der Waals surface area contributed by atoms with Crippen LogP contribution in [0, 0.1) is 0 Å². The van der Waals surface area contributed by atoms with Crippen molar-refractivity contribution in [2.45, 2.75) is 45.1 Å². The van der Waals surface area contributed by atoms with Crippen molar-refractivity contribution in [3.63, 3.8) is 0 Å². The van der Waals surface area contributed by atoms with Crippen molar-refractivity contribution in [3.8, 4) is 0 Å². The van der Waals surface area contributed by atoms with E-state index in [-0.39, 0.29) is 5.91 Å². The van der Waals surface area contributed by atoms with Gasteiger partial charge in [-0.15, -0.1) is 10.2 Å². The van der Waals surface area contributed by atoms with Gasteiger partial charge in [0.1, 0.15) is 11.6 Å². The van der Waals surface area contributed by atoms with Gasteiger partial charge in [0.05, 0.1) is 6.20 Å². The second-order valence-electron chi connectivity index (χ2n) is 6.17. The summed E-state index contributed by atoms with van der Waals surface area (Å²) in [6.45, 7) is 1.66. The van der Waals surface area contributed by atoms with Crippen LogP contribution in [0.3, 0.4) is 0 Å². The van der Waals surface area contributed by atoms with Crippen molar-refractivity contribution in [2.24, 2.45) is 7.05 Å². The van der Waals surface area contributed by atoms with Gasteiger partial charge in [-0.3, -0.25) is 9.48 Å². The molecule has 1 aliphatic heterocycles. The Labute approximate surface area is 141 Å². The van der Waals surface area contributed by atoms with Crippen molar-refractivity contribution in [1.82, 2.24) is 29.9 Å². The summed E-state index contributed by atoms with van der Waals surface area (Å²) in [6.07, 6.45) is 13.3. The molecule has 0 atom stereocenters. The number of amides is 1. The minimum absolute atomic E-state index is 0.0843. The highest BCUT2D eigenvalue weighted by molar-refractivity contribution is 5.91. The third-order valence-corrected chi connectivity index (χ3v) is 4.21. The largest absolute Gasteiger partial charge is 0.353 e. The van der Waals surface area contributed by atoms with Crippen LogP contribution in [0.5, 0.6) is 0 Å². The van der Waals surface area contributed by atoms with E-state index in [9.17, 15) is 4.79 Å². The molecule has 1 N–H and O–H groups in total. The number of hydrogen-bond acceptors (Lipinski definition) is 4. The Hall–Kier alpha value is -2.44. The molecule has 0 spiro atoms. The van der Waals surface area contributed by atoms with Crippen LogP contribution in [0.25, 0.3) is 6.08 Å². The molecule has 3 heterocycles. The number of carbonyl (C=O) groups is 1. The lowest BCUT2D eigenvalue weighted by Gasteiger charge is -2.07. The lowest BCUT2D eigenvalue weighted by molar-refractivity contribution is -0.116. The van der Waals surface area contributed by atoms with Gasteiger partial charge < -0.3 is 9.88 Å². The Morgan fingerprint density at radius 1 is 1.33 bits per heavy atom. The summed E-state index contributed by atoms with van der Waals surface area (Å²) in [6, 6.07) is 0. The normalized spacial score (nSPS) is 14.5. The molecule has 3 rings (SSSR count). The summed E-state index contributed by atoms with van der Waals surface area (Å²) in [5.74, 6) is 2.08. The molecule has 0 unspecified atom stereocenters. The molecule has 7 nitrogen and oxygen atoms in total. The highest BCUT2D eigenvalue weighted by Gasteiger charge is 2.14. The topological polar surface area (TPSA) is 77.6 Å². The van der Waals surface area contributed by atoms with E-state index in [1.807, 2.05) is 13.2 Å². The van der Waals surface area contributed by atoms with E-state index in [4.69, 9.17) is 0 Å². The molecule has 0 fully saturated rings. The lowest BCUT2D eigenvalue weighted by atomic mass is 10.2. The van der Waals surface area contributed by atoms with Crippen LogP contribution in [0.2, 0.25) is 0 Å². The summed E-state index contributed by atoms with van der Waals surface area (Å²) in [5.41, 5.74) is 0.916. The van der Waals surface area contributed by atoms with Crippen LogP contribution >= 0.6 is 0 Å². The molecule has 2 aromatic heterocycles. The molecular formula is C17H24N6O.